The Kier molecular flexibility index (Phi) is 2.94. The van der Waals surface area contributed by atoms with Crippen LogP contribution in [0.1, 0.15) is 43.6 Å². The predicted molar refractivity (Wildman–Crippen MR) is 59.7 cm³/mol. The third-order valence-corrected chi connectivity index (χ3v) is 3.58. The van der Waals surface area contributed by atoms with Gasteiger partial charge in [0, 0.05) is 0 Å². The molecule has 16 heavy (non-hydrogen) atoms. The molecule has 5 heteroatoms. The number of rotatable bonds is 4. The van der Waals surface area contributed by atoms with Crippen LogP contribution in [0.5, 0.6) is 0 Å². The fourth-order valence-electron chi connectivity index (χ4n) is 2.21. The third-order valence-electron chi connectivity index (χ3n) is 3.58. The van der Waals surface area contributed by atoms with Gasteiger partial charge in [0.1, 0.15) is 0 Å². The van der Waals surface area contributed by atoms with Crippen LogP contribution in [0.3, 0.4) is 0 Å². The minimum atomic E-state index is -0.355. The molecule has 2 N–H and O–H groups in total. The lowest BCUT2D eigenvalue weighted by Crippen LogP contribution is -2.24. The highest BCUT2D eigenvalue weighted by molar-refractivity contribution is 5.76. The number of nitrogens with zero attached hydrogens (tertiary/aromatic N) is 3. The summed E-state index contributed by atoms with van der Waals surface area (Å²) in [6.45, 7) is 4.12. The van der Waals surface area contributed by atoms with E-state index in [2.05, 4.69) is 17.2 Å². The lowest BCUT2D eigenvalue weighted by molar-refractivity contribution is -0.117. The van der Waals surface area contributed by atoms with Gasteiger partial charge in [-0.1, -0.05) is 11.6 Å². The van der Waals surface area contributed by atoms with Crippen LogP contribution in [0.2, 0.25) is 0 Å². The molecule has 1 aliphatic rings. The first-order chi connectivity index (χ1) is 7.59. The van der Waals surface area contributed by atoms with Gasteiger partial charge in [0.2, 0.25) is 5.91 Å². The smallest absolute Gasteiger partial charge is 0.223 e. The molecule has 88 valence electrons. The minimum absolute atomic E-state index is 0.184. The molecule has 2 rings (SSSR count). The Morgan fingerprint density at radius 1 is 1.62 bits per heavy atom. The van der Waals surface area contributed by atoms with E-state index >= 15 is 0 Å². The van der Waals surface area contributed by atoms with Gasteiger partial charge >= 0.3 is 0 Å². The Morgan fingerprint density at radius 3 is 2.81 bits per heavy atom. The van der Waals surface area contributed by atoms with Crippen LogP contribution in [0.15, 0.2) is 0 Å². The second-order valence-electron chi connectivity index (χ2n) is 4.64. The van der Waals surface area contributed by atoms with Gasteiger partial charge in [-0.25, -0.2) is 4.68 Å². The zero-order valence-corrected chi connectivity index (χ0v) is 9.81. The molecule has 1 unspecified atom stereocenters. The van der Waals surface area contributed by atoms with Gasteiger partial charge in [0.15, 0.2) is 0 Å². The van der Waals surface area contributed by atoms with E-state index in [-0.39, 0.29) is 12.3 Å². The molecule has 1 saturated carbocycles. The molecular weight excluding hydrogens is 204 g/mol. The van der Waals surface area contributed by atoms with Crippen molar-refractivity contribution >= 4 is 5.91 Å². The molecule has 1 fully saturated rings. The van der Waals surface area contributed by atoms with Crippen LogP contribution in [-0.2, 0) is 11.2 Å². The summed E-state index contributed by atoms with van der Waals surface area (Å²) in [6, 6.07) is 0.378. The van der Waals surface area contributed by atoms with Crippen molar-refractivity contribution in [2.75, 3.05) is 0 Å². The van der Waals surface area contributed by atoms with E-state index in [4.69, 9.17) is 5.73 Å². The molecule has 1 aromatic rings. The molecule has 0 bridgehead atoms. The van der Waals surface area contributed by atoms with Crippen molar-refractivity contribution in [3.63, 3.8) is 0 Å². The Balaban J connectivity index is 2.15. The van der Waals surface area contributed by atoms with E-state index in [9.17, 15) is 4.79 Å². The van der Waals surface area contributed by atoms with Crippen molar-refractivity contribution in [3.8, 4) is 0 Å². The second-order valence-corrected chi connectivity index (χ2v) is 4.64. The average Bonchev–Trinajstić information content (AvgIpc) is 2.44. The largest absolute Gasteiger partial charge is 0.369 e. The first-order valence-corrected chi connectivity index (χ1v) is 5.78. The number of hydrogen-bond donors (Lipinski definition) is 1. The number of amides is 1. The summed E-state index contributed by atoms with van der Waals surface area (Å²) in [5.74, 6) is 0.355. The van der Waals surface area contributed by atoms with Crippen LogP contribution in [0.25, 0.3) is 0 Å². The minimum Gasteiger partial charge on any atom is -0.369 e. The highest BCUT2D eigenvalue weighted by Gasteiger charge is 2.27. The van der Waals surface area contributed by atoms with E-state index in [0.29, 0.717) is 17.7 Å². The summed E-state index contributed by atoms with van der Waals surface area (Å²) in [6.07, 6.45) is 4.04. The van der Waals surface area contributed by atoms with E-state index in [1.807, 2.05) is 11.6 Å². The summed E-state index contributed by atoms with van der Waals surface area (Å²) in [4.78, 5) is 10.8. The summed E-state index contributed by atoms with van der Waals surface area (Å²) >= 11 is 0. The number of primary amides is 1. The predicted octanol–water partition coefficient (Wildman–Crippen LogP) is 0.975. The Morgan fingerprint density at radius 2 is 2.31 bits per heavy atom. The normalized spacial score (nSPS) is 18.1. The van der Waals surface area contributed by atoms with Crippen molar-refractivity contribution in [3.05, 3.63) is 11.4 Å². The number of carbonyl (C=O) groups excluding carboxylic acids is 1. The van der Waals surface area contributed by atoms with E-state index < -0.39 is 0 Å². The van der Waals surface area contributed by atoms with Gasteiger partial charge in [-0.05, 0) is 32.6 Å². The topological polar surface area (TPSA) is 73.8 Å². The maximum atomic E-state index is 10.8. The summed E-state index contributed by atoms with van der Waals surface area (Å²) in [5.41, 5.74) is 6.84. The Hall–Kier alpha value is -1.39. The van der Waals surface area contributed by atoms with Crippen molar-refractivity contribution in [1.82, 2.24) is 15.0 Å². The average molecular weight is 222 g/mol. The second kappa shape index (κ2) is 4.23. The van der Waals surface area contributed by atoms with Crippen molar-refractivity contribution in [2.24, 2.45) is 11.7 Å². The zero-order valence-electron chi connectivity index (χ0n) is 9.81. The first kappa shape index (κ1) is 11.1. The van der Waals surface area contributed by atoms with Gasteiger partial charge in [0.25, 0.3) is 0 Å². The zero-order chi connectivity index (χ0) is 11.7. The number of hydrogen-bond acceptors (Lipinski definition) is 3. The van der Waals surface area contributed by atoms with E-state index in [0.717, 1.165) is 5.69 Å². The lowest BCUT2D eigenvalue weighted by atomic mass is 9.80. The van der Waals surface area contributed by atoms with Crippen LogP contribution < -0.4 is 5.73 Å². The molecule has 1 aromatic heterocycles. The highest BCUT2D eigenvalue weighted by Crippen LogP contribution is 2.36. The summed E-state index contributed by atoms with van der Waals surface area (Å²) in [7, 11) is 0. The number of nitrogens with two attached hydrogens (primary N) is 1. The van der Waals surface area contributed by atoms with Gasteiger partial charge in [-0.15, -0.1) is 5.10 Å². The van der Waals surface area contributed by atoms with Gasteiger partial charge in [0.05, 0.1) is 23.9 Å². The fourth-order valence-corrected chi connectivity index (χ4v) is 2.21. The fraction of sp³-hybridized carbons (Fsp3) is 0.727. The van der Waals surface area contributed by atoms with Crippen LogP contribution >= 0.6 is 0 Å². The van der Waals surface area contributed by atoms with Gasteiger partial charge in [-0.3, -0.25) is 4.79 Å². The number of carbonyl (C=O) groups is 1. The molecule has 1 aliphatic carbocycles. The van der Waals surface area contributed by atoms with Crippen molar-refractivity contribution in [2.45, 2.75) is 45.6 Å². The standard InChI is InChI=1S/C11H18N4O/c1-7(9-4-3-5-9)15-8(2)10(13-14-15)6-11(12)16/h7,9H,3-6H2,1-2H3,(H2,12,16). The quantitative estimate of drug-likeness (QED) is 0.825. The Labute approximate surface area is 95.0 Å². The molecule has 0 aromatic carbocycles. The summed E-state index contributed by atoms with van der Waals surface area (Å²) < 4.78 is 1.93. The lowest BCUT2D eigenvalue weighted by Gasteiger charge is -2.31. The number of aromatic nitrogens is 3. The third kappa shape index (κ3) is 1.94. The van der Waals surface area contributed by atoms with Crippen LogP contribution in [0, 0.1) is 12.8 Å². The van der Waals surface area contributed by atoms with Crippen molar-refractivity contribution < 1.29 is 4.79 Å². The van der Waals surface area contributed by atoms with Crippen LogP contribution in [-0.4, -0.2) is 20.9 Å². The highest BCUT2D eigenvalue weighted by atomic mass is 16.1. The van der Waals surface area contributed by atoms with E-state index in [1.165, 1.54) is 19.3 Å². The van der Waals surface area contributed by atoms with Gasteiger partial charge in [-0.2, -0.15) is 0 Å². The molecule has 5 nitrogen and oxygen atoms in total. The molecule has 0 saturated heterocycles. The monoisotopic (exact) mass is 222 g/mol. The molecule has 1 heterocycles. The molecule has 1 atom stereocenters. The van der Waals surface area contributed by atoms with E-state index in [1.54, 1.807) is 0 Å². The molecular formula is C11H18N4O. The van der Waals surface area contributed by atoms with Crippen LogP contribution in [0.4, 0.5) is 0 Å². The maximum absolute atomic E-state index is 10.8. The Bertz CT molecular complexity index is 395. The van der Waals surface area contributed by atoms with Gasteiger partial charge < -0.3 is 5.73 Å². The molecule has 0 aliphatic heterocycles. The SMILES string of the molecule is Cc1c(CC(N)=O)nnn1C(C)C1CCC1. The maximum Gasteiger partial charge on any atom is 0.223 e. The first-order valence-electron chi connectivity index (χ1n) is 5.78. The molecule has 0 spiro atoms. The molecule has 1 amide bonds. The summed E-state index contributed by atoms with van der Waals surface area (Å²) in [5, 5.41) is 8.16. The molecule has 0 radical (unpaired) electrons. The van der Waals surface area contributed by atoms with Crippen molar-refractivity contribution in [1.29, 1.82) is 0 Å².